The molecule has 0 saturated carbocycles. The van der Waals surface area contributed by atoms with Crippen LogP contribution in [0.2, 0.25) is 0 Å². The Morgan fingerprint density at radius 3 is 3.00 bits per heavy atom. The molecule has 2 N–H and O–H groups in total. The maximum Gasteiger partial charge on any atom is 0.169 e. The highest BCUT2D eigenvalue weighted by atomic mass is 32.2. The zero-order chi connectivity index (χ0) is 13.5. The van der Waals surface area contributed by atoms with Crippen LogP contribution in [0.1, 0.15) is 35.9 Å². The molecule has 19 heavy (non-hydrogen) atoms. The first-order valence-corrected chi connectivity index (χ1v) is 8.08. The van der Waals surface area contributed by atoms with Gasteiger partial charge in [0.1, 0.15) is 5.25 Å². The zero-order valence-electron chi connectivity index (χ0n) is 10.5. The third-order valence-electron chi connectivity index (χ3n) is 3.52. The fourth-order valence-electron chi connectivity index (χ4n) is 2.45. The molecule has 2 aromatic rings. The van der Waals surface area contributed by atoms with Crippen LogP contribution in [0.3, 0.4) is 0 Å². The van der Waals surface area contributed by atoms with Crippen molar-refractivity contribution >= 4 is 15.5 Å². The Balaban J connectivity index is 2.05. The molecule has 1 aliphatic heterocycles. The maximum absolute atomic E-state index is 12.1. The van der Waals surface area contributed by atoms with Gasteiger partial charge in [-0.15, -0.1) is 5.10 Å². The second-order valence-corrected chi connectivity index (χ2v) is 7.17. The van der Waals surface area contributed by atoms with Gasteiger partial charge in [0.2, 0.25) is 0 Å². The van der Waals surface area contributed by atoms with Crippen molar-refractivity contribution in [2.45, 2.75) is 31.1 Å². The second-order valence-electron chi connectivity index (χ2n) is 4.86. The van der Waals surface area contributed by atoms with Gasteiger partial charge in [-0.2, -0.15) is 0 Å². The molecule has 6 nitrogen and oxygen atoms in total. The van der Waals surface area contributed by atoms with Crippen LogP contribution < -0.4 is 5.73 Å². The fraction of sp³-hybridized carbons (Fsp3) is 0.500. The number of nitrogens with two attached hydrogens (primary N) is 1. The van der Waals surface area contributed by atoms with Crippen molar-refractivity contribution < 1.29 is 8.42 Å². The summed E-state index contributed by atoms with van der Waals surface area (Å²) in [5, 5.41) is 3.74. The van der Waals surface area contributed by atoms with E-state index in [4.69, 9.17) is 5.73 Å². The van der Waals surface area contributed by atoms with Crippen molar-refractivity contribution in [3.63, 3.8) is 0 Å². The Hall–Kier alpha value is -1.47. The zero-order valence-corrected chi connectivity index (χ0v) is 11.3. The molecule has 0 amide bonds. The van der Waals surface area contributed by atoms with Gasteiger partial charge in [0.05, 0.1) is 5.75 Å². The van der Waals surface area contributed by atoms with Gasteiger partial charge in [-0.25, -0.2) is 17.9 Å². The molecule has 102 valence electrons. The molecule has 0 bridgehead atoms. The van der Waals surface area contributed by atoms with Gasteiger partial charge >= 0.3 is 0 Å². The molecule has 2 aromatic heterocycles. The van der Waals surface area contributed by atoms with Crippen LogP contribution in [0.4, 0.5) is 0 Å². The van der Waals surface area contributed by atoms with Crippen molar-refractivity contribution in [3.8, 4) is 0 Å². The Bertz CT molecular complexity index is 708. The maximum atomic E-state index is 12.1. The van der Waals surface area contributed by atoms with E-state index in [0.717, 1.165) is 18.4 Å². The largest absolute Gasteiger partial charge is 0.326 e. The van der Waals surface area contributed by atoms with Crippen LogP contribution in [0, 0.1) is 0 Å². The van der Waals surface area contributed by atoms with Gasteiger partial charge < -0.3 is 5.73 Å². The van der Waals surface area contributed by atoms with Gasteiger partial charge in [-0.3, -0.25) is 0 Å². The molecular formula is C12H16N4O2S. The van der Waals surface area contributed by atoms with E-state index < -0.39 is 15.1 Å². The highest BCUT2D eigenvalue weighted by molar-refractivity contribution is 7.91. The summed E-state index contributed by atoms with van der Waals surface area (Å²) in [6, 6.07) is 3.70. The summed E-state index contributed by atoms with van der Waals surface area (Å²) >= 11 is 0. The van der Waals surface area contributed by atoms with Crippen LogP contribution in [0.25, 0.3) is 5.65 Å². The third kappa shape index (κ3) is 2.23. The highest BCUT2D eigenvalue weighted by Gasteiger charge is 2.33. The molecule has 0 aromatic carbocycles. The number of fused-ring (bicyclic) bond motifs is 1. The SMILES string of the molecule is NCc1ccn2nc(C3CCCCS3(=O)=O)nc2c1. The van der Waals surface area contributed by atoms with E-state index >= 15 is 0 Å². The van der Waals surface area contributed by atoms with Crippen molar-refractivity contribution in [1.82, 2.24) is 14.6 Å². The molecule has 1 saturated heterocycles. The lowest BCUT2D eigenvalue weighted by atomic mass is 10.2. The predicted molar refractivity (Wildman–Crippen MR) is 71.3 cm³/mol. The van der Waals surface area contributed by atoms with Crippen molar-refractivity contribution in [1.29, 1.82) is 0 Å². The summed E-state index contributed by atoms with van der Waals surface area (Å²) in [6.45, 7) is 0.431. The van der Waals surface area contributed by atoms with Crippen LogP contribution in [0.15, 0.2) is 18.3 Å². The standard InChI is InChI=1S/C12H16N4O2S/c13-8-9-4-5-16-11(7-9)14-12(15-16)10-3-1-2-6-19(10,17)18/h4-5,7,10H,1-3,6,8,13H2. The first-order chi connectivity index (χ1) is 9.10. The molecule has 3 heterocycles. The van der Waals surface area contributed by atoms with Gasteiger partial charge in [0.25, 0.3) is 0 Å². The molecule has 3 rings (SSSR count). The first-order valence-electron chi connectivity index (χ1n) is 6.37. The van der Waals surface area contributed by atoms with E-state index in [1.807, 2.05) is 12.1 Å². The predicted octanol–water partition coefficient (Wildman–Crippen LogP) is 0.828. The number of hydrogen-bond donors (Lipinski definition) is 1. The summed E-state index contributed by atoms with van der Waals surface area (Å²) in [5.41, 5.74) is 7.19. The van der Waals surface area contributed by atoms with E-state index in [2.05, 4.69) is 10.1 Å². The molecule has 7 heteroatoms. The van der Waals surface area contributed by atoms with E-state index in [-0.39, 0.29) is 5.75 Å². The topological polar surface area (TPSA) is 90.4 Å². The van der Waals surface area contributed by atoms with Crippen LogP contribution in [-0.2, 0) is 16.4 Å². The van der Waals surface area contributed by atoms with Gasteiger partial charge in [-0.1, -0.05) is 6.42 Å². The quantitative estimate of drug-likeness (QED) is 0.879. The van der Waals surface area contributed by atoms with Gasteiger partial charge in [0.15, 0.2) is 21.3 Å². The normalized spacial score (nSPS) is 22.7. The summed E-state index contributed by atoms with van der Waals surface area (Å²) in [5.74, 6) is 0.648. The van der Waals surface area contributed by atoms with Gasteiger partial charge in [0, 0.05) is 12.7 Å². The monoisotopic (exact) mass is 280 g/mol. The molecule has 1 fully saturated rings. The first kappa shape index (κ1) is 12.6. The minimum Gasteiger partial charge on any atom is -0.326 e. The lowest BCUT2D eigenvalue weighted by molar-refractivity contribution is 0.538. The number of hydrogen-bond acceptors (Lipinski definition) is 5. The molecule has 1 aliphatic rings. The molecule has 0 radical (unpaired) electrons. The fourth-order valence-corrected chi connectivity index (χ4v) is 4.29. The molecule has 0 aliphatic carbocycles. The number of rotatable bonds is 2. The van der Waals surface area contributed by atoms with Crippen molar-refractivity contribution in [2.24, 2.45) is 5.73 Å². The molecule has 0 spiro atoms. The lowest BCUT2D eigenvalue weighted by Crippen LogP contribution is -2.22. The molecule has 1 unspecified atom stereocenters. The van der Waals surface area contributed by atoms with Gasteiger partial charge in [-0.05, 0) is 30.5 Å². The minimum atomic E-state index is -3.10. The average molecular weight is 280 g/mol. The van der Waals surface area contributed by atoms with Crippen LogP contribution in [0.5, 0.6) is 0 Å². The molecular weight excluding hydrogens is 264 g/mol. The van der Waals surface area contributed by atoms with E-state index in [0.29, 0.717) is 24.4 Å². The summed E-state index contributed by atoms with van der Waals surface area (Å²) in [6.07, 6.45) is 4.03. The highest BCUT2D eigenvalue weighted by Crippen LogP contribution is 2.31. The second kappa shape index (κ2) is 4.57. The molecule has 1 atom stereocenters. The Labute approximate surface area is 111 Å². The number of aromatic nitrogens is 3. The summed E-state index contributed by atoms with van der Waals surface area (Å²) < 4.78 is 25.8. The van der Waals surface area contributed by atoms with E-state index in [1.165, 1.54) is 0 Å². The smallest absolute Gasteiger partial charge is 0.169 e. The number of nitrogens with zero attached hydrogens (tertiary/aromatic N) is 3. The Morgan fingerprint density at radius 2 is 2.26 bits per heavy atom. The van der Waals surface area contributed by atoms with E-state index in [9.17, 15) is 8.42 Å². The van der Waals surface area contributed by atoms with Crippen LogP contribution >= 0.6 is 0 Å². The summed E-state index contributed by atoms with van der Waals surface area (Å²) in [7, 11) is -3.10. The lowest BCUT2D eigenvalue weighted by Gasteiger charge is -2.19. The van der Waals surface area contributed by atoms with Crippen molar-refractivity contribution in [3.05, 3.63) is 29.7 Å². The van der Waals surface area contributed by atoms with E-state index in [1.54, 1.807) is 10.7 Å². The Morgan fingerprint density at radius 1 is 1.42 bits per heavy atom. The summed E-state index contributed by atoms with van der Waals surface area (Å²) in [4.78, 5) is 4.36. The van der Waals surface area contributed by atoms with Crippen LogP contribution in [-0.4, -0.2) is 28.8 Å². The number of sulfone groups is 1. The Kier molecular flexibility index (Phi) is 3.02. The van der Waals surface area contributed by atoms with Crippen molar-refractivity contribution in [2.75, 3.05) is 5.75 Å². The number of pyridine rings is 1. The third-order valence-corrected chi connectivity index (χ3v) is 5.69. The average Bonchev–Trinajstić information content (AvgIpc) is 2.80. The minimum absolute atomic E-state index is 0.237.